The highest BCUT2D eigenvalue weighted by Crippen LogP contribution is 2.79. The van der Waals surface area contributed by atoms with Crippen molar-refractivity contribution in [2.45, 2.75) is 37.1 Å². The molecule has 2 aliphatic rings. The van der Waals surface area contributed by atoms with E-state index < -0.39 is 50.6 Å². The van der Waals surface area contributed by atoms with Crippen molar-refractivity contribution in [1.82, 2.24) is 9.88 Å². The van der Waals surface area contributed by atoms with Crippen molar-refractivity contribution in [3.05, 3.63) is 59.7 Å². The maximum atomic E-state index is 14.6. The van der Waals surface area contributed by atoms with E-state index in [1.807, 2.05) is 0 Å². The Hall–Kier alpha value is -2.17. The number of benzene rings is 1. The van der Waals surface area contributed by atoms with Crippen LogP contribution in [0.1, 0.15) is 36.7 Å². The Kier molecular flexibility index (Phi) is 6.94. The quantitative estimate of drug-likeness (QED) is 0.514. The first-order chi connectivity index (χ1) is 16.0. The van der Waals surface area contributed by atoms with E-state index in [9.17, 15) is 33.2 Å². The number of aromatic nitrogens is 1. The lowest BCUT2D eigenvalue weighted by Crippen LogP contribution is -2.38. The Morgan fingerprint density at radius 3 is 2.44 bits per heavy atom. The summed E-state index contributed by atoms with van der Waals surface area (Å²) in [5, 5.41) is 7.56. The second kappa shape index (κ2) is 9.47. The zero-order valence-corrected chi connectivity index (χ0v) is 19.6. The van der Waals surface area contributed by atoms with Crippen LogP contribution < -0.4 is 4.74 Å². The van der Waals surface area contributed by atoms with E-state index in [-0.39, 0.29) is 11.1 Å². The summed E-state index contributed by atoms with van der Waals surface area (Å²) in [6.07, 6.45) is 1.88. The normalized spacial score (nSPS) is 31.8. The fourth-order valence-electron chi connectivity index (χ4n) is 3.69. The topological polar surface area (TPSA) is 156 Å². The maximum Gasteiger partial charge on any atom is 0.415 e. The van der Waals surface area contributed by atoms with Gasteiger partial charge in [-0.25, -0.2) is 9.18 Å². The van der Waals surface area contributed by atoms with Crippen LogP contribution in [0.15, 0.2) is 42.7 Å². The predicted octanol–water partition coefficient (Wildman–Crippen LogP) is 3.51. The second-order valence-corrected chi connectivity index (χ2v) is 12.3. The SMILES string of the molecule is O=C(Oc1ccc(C2OP(=O)(O)C(O)(Cc3cccnc3)P(=O)(O)O2)cc1F)N1CCCCC1. The van der Waals surface area contributed by atoms with Crippen LogP contribution in [0.5, 0.6) is 5.75 Å². The maximum absolute atomic E-state index is 14.6. The van der Waals surface area contributed by atoms with E-state index in [1.165, 1.54) is 29.4 Å². The van der Waals surface area contributed by atoms with Crippen LogP contribution in [0, 0.1) is 5.82 Å². The van der Waals surface area contributed by atoms with Crippen LogP contribution in [0.3, 0.4) is 0 Å². The number of hydrogen-bond donors (Lipinski definition) is 3. The first-order valence-electron chi connectivity index (χ1n) is 10.4. The molecule has 3 N–H and O–H groups in total. The molecular formula is C20H23FN2O9P2. The van der Waals surface area contributed by atoms with Crippen LogP contribution in [0.2, 0.25) is 0 Å². The molecule has 2 aliphatic heterocycles. The fourth-order valence-corrected chi connectivity index (χ4v) is 7.27. The number of nitrogens with zero attached hydrogens (tertiary/aromatic N) is 2. The third-order valence-corrected chi connectivity index (χ3v) is 10.2. The molecule has 2 fully saturated rings. The third-order valence-electron chi connectivity index (χ3n) is 5.59. The number of hydrogen-bond acceptors (Lipinski definition) is 8. The van der Waals surface area contributed by atoms with Gasteiger partial charge in [0.1, 0.15) is 0 Å². The molecule has 0 spiro atoms. The second-order valence-electron chi connectivity index (χ2n) is 8.00. The van der Waals surface area contributed by atoms with Gasteiger partial charge in [0.25, 0.3) is 5.08 Å². The average molecular weight is 516 g/mol. The highest BCUT2D eigenvalue weighted by molar-refractivity contribution is 7.73. The number of piperidine rings is 1. The zero-order valence-electron chi connectivity index (χ0n) is 17.8. The minimum Gasteiger partial charge on any atom is -0.407 e. The zero-order chi connectivity index (χ0) is 24.6. The Labute approximate surface area is 194 Å². The summed E-state index contributed by atoms with van der Waals surface area (Å²) in [4.78, 5) is 38.2. The van der Waals surface area contributed by atoms with Crippen LogP contribution in [-0.4, -0.2) is 49.0 Å². The minimum absolute atomic E-state index is 0.185. The van der Waals surface area contributed by atoms with Crippen molar-refractivity contribution in [1.29, 1.82) is 0 Å². The number of pyridine rings is 1. The molecule has 2 unspecified atom stereocenters. The molecule has 184 valence electrons. The van der Waals surface area contributed by atoms with Crippen molar-refractivity contribution < 1.29 is 47.0 Å². The lowest BCUT2D eigenvalue weighted by atomic mass is 10.1. The molecular weight excluding hydrogens is 493 g/mol. The van der Waals surface area contributed by atoms with Crippen molar-refractivity contribution in [3.8, 4) is 5.75 Å². The molecule has 1 aromatic heterocycles. The molecule has 4 rings (SSSR count). The van der Waals surface area contributed by atoms with Gasteiger partial charge in [0, 0.05) is 37.5 Å². The van der Waals surface area contributed by atoms with Gasteiger partial charge < -0.3 is 24.5 Å². The van der Waals surface area contributed by atoms with Crippen LogP contribution >= 0.6 is 15.2 Å². The van der Waals surface area contributed by atoms with Gasteiger partial charge in [-0.2, -0.15) is 0 Å². The molecule has 34 heavy (non-hydrogen) atoms. The number of halogens is 1. The summed E-state index contributed by atoms with van der Waals surface area (Å²) < 4.78 is 55.3. The van der Waals surface area contributed by atoms with Gasteiger partial charge in [-0.05, 0) is 43.0 Å². The van der Waals surface area contributed by atoms with Gasteiger partial charge in [0.2, 0.25) is 6.29 Å². The van der Waals surface area contributed by atoms with E-state index in [2.05, 4.69) is 4.98 Å². The van der Waals surface area contributed by atoms with Gasteiger partial charge in [0.05, 0.1) is 0 Å². The van der Waals surface area contributed by atoms with Crippen molar-refractivity contribution in [2.24, 2.45) is 0 Å². The molecule has 0 bridgehead atoms. The monoisotopic (exact) mass is 516 g/mol. The lowest BCUT2D eigenvalue weighted by molar-refractivity contribution is -0.0580. The number of likely N-dealkylation sites (tertiary alicyclic amines) is 1. The number of aliphatic hydroxyl groups is 1. The Balaban J connectivity index is 1.53. The average Bonchev–Trinajstić information content (AvgIpc) is 2.80. The number of ether oxygens (including phenoxy) is 1. The summed E-state index contributed by atoms with van der Waals surface area (Å²) in [7, 11) is -10.4. The molecule has 1 amide bonds. The highest BCUT2D eigenvalue weighted by Gasteiger charge is 2.67. The number of amides is 1. The lowest BCUT2D eigenvalue weighted by Gasteiger charge is -2.41. The van der Waals surface area contributed by atoms with Crippen LogP contribution in [0.25, 0.3) is 0 Å². The van der Waals surface area contributed by atoms with Crippen molar-refractivity contribution in [3.63, 3.8) is 0 Å². The molecule has 2 aromatic rings. The van der Waals surface area contributed by atoms with Gasteiger partial charge in [-0.3, -0.25) is 23.2 Å². The third kappa shape index (κ3) is 4.81. The van der Waals surface area contributed by atoms with E-state index in [4.69, 9.17) is 13.8 Å². The molecule has 0 saturated carbocycles. The van der Waals surface area contributed by atoms with E-state index in [1.54, 1.807) is 0 Å². The smallest absolute Gasteiger partial charge is 0.407 e. The van der Waals surface area contributed by atoms with Gasteiger partial charge in [-0.15, -0.1) is 0 Å². The van der Waals surface area contributed by atoms with Crippen molar-refractivity contribution >= 4 is 21.3 Å². The molecule has 1 aromatic carbocycles. The van der Waals surface area contributed by atoms with Crippen LogP contribution in [-0.2, 0) is 24.6 Å². The van der Waals surface area contributed by atoms with Crippen molar-refractivity contribution in [2.75, 3.05) is 13.1 Å². The minimum atomic E-state index is -5.21. The molecule has 3 heterocycles. The van der Waals surface area contributed by atoms with E-state index in [0.717, 1.165) is 37.5 Å². The molecule has 0 aliphatic carbocycles. The standard InChI is InChI=1S/C20H23FN2O9P2/c21-16-11-15(6-7-17(16)30-19(24)23-9-2-1-3-10-23)18-31-33(26,27)20(25,34(28,29)32-18)12-14-5-4-8-22-13-14/h4-8,11,13,18,25H,1-3,9-10,12H2,(H,26,27)(H,28,29). The van der Waals surface area contributed by atoms with Crippen LogP contribution in [0.4, 0.5) is 9.18 Å². The summed E-state index contributed by atoms with van der Waals surface area (Å²) in [6.45, 7) is 1.00. The molecule has 2 atom stereocenters. The molecule has 14 heteroatoms. The Morgan fingerprint density at radius 2 is 1.85 bits per heavy atom. The highest BCUT2D eigenvalue weighted by atomic mass is 31.2. The largest absolute Gasteiger partial charge is 0.415 e. The summed E-state index contributed by atoms with van der Waals surface area (Å²) in [6, 6.07) is 5.91. The van der Waals surface area contributed by atoms with E-state index in [0.29, 0.717) is 13.1 Å². The number of rotatable bonds is 4. The Bertz CT molecular complexity index is 1130. The molecule has 11 nitrogen and oxygen atoms in total. The van der Waals surface area contributed by atoms with Gasteiger partial charge in [-0.1, -0.05) is 12.1 Å². The molecule has 0 radical (unpaired) electrons. The number of carbonyl (C=O) groups is 1. The van der Waals surface area contributed by atoms with Gasteiger partial charge >= 0.3 is 21.3 Å². The summed E-state index contributed by atoms with van der Waals surface area (Å²) in [5.41, 5.74) is -0.0487. The first kappa shape index (κ1) is 24.9. The van der Waals surface area contributed by atoms with E-state index >= 15 is 0 Å². The Morgan fingerprint density at radius 1 is 1.18 bits per heavy atom. The summed E-state index contributed by atoms with van der Waals surface area (Å²) >= 11 is 0. The predicted molar refractivity (Wildman–Crippen MR) is 115 cm³/mol. The fraction of sp³-hybridized carbons (Fsp3) is 0.400. The summed E-state index contributed by atoms with van der Waals surface area (Å²) in [5.74, 6) is -1.42. The van der Waals surface area contributed by atoms with Gasteiger partial charge in [0.15, 0.2) is 11.6 Å². The molecule has 2 saturated heterocycles. The first-order valence-corrected chi connectivity index (χ1v) is 13.6. The number of carbonyl (C=O) groups excluding carboxylic acids is 1.